The third-order valence-corrected chi connectivity index (χ3v) is 3.05. The molecule has 2 atom stereocenters. The van der Waals surface area contributed by atoms with Gasteiger partial charge in [-0.05, 0) is 26.2 Å². The maximum absolute atomic E-state index is 9.32. The standard InChI is InChI=1S/C9H17NO2/c1-7-9(6-11,4-5-12-7)10-8-2-3-8/h7-8,10-11H,2-6H2,1H3. The molecule has 0 amide bonds. The van der Waals surface area contributed by atoms with Gasteiger partial charge in [-0.1, -0.05) is 0 Å². The minimum absolute atomic E-state index is 0.138. The monoisotopic (exact) mass is 171 g/mol. The van der Waals surface area contributed by atoms with Crippen LogP contribution >= 0.6 is 0 Å². The van der Waals surface area contributed by atoms with Crippen LogP contribution in [0, 0.1) is 0 Å². The van der Waals surface area contributed by atoms with E-state index in [9.17, 15) is 5.11 Å². The average Bonchev–Trinajstić information content (AvgIpc) is 2.79. The molecule has 1 heterocycles. The summed E-state index contributed by atoms with van der Waals surface area (Å²) in [7, 11) is 0. The molecular formula is C9H17NO2. The average molecular weight is 171 g/mol. The Kier molecular flexibility index (Phi) is 2.10. The lowest BCUT2D eigenvalue weighted by Crippen LogP contribution is -2.54. The summed E-state index contributed by atoms with van der Waals surface area (Å²) in [5, 5.41) is 12.8. The van der Waals surface area contributed by atoms with Crippen LogP contribution in [0.25, 0.3) is 0 Å². The zero-order valence-corrected chi connectivity index (χ0v) is 7.55. The predicted octanol–water partition coefficient (Wildman–Crippen LogP) is 0.278. The van der Waals surface area contributed by atoms with E-state index in [4.69, 9.17) is 4.74 Å². The van der Waals surface area contributed by atoms with E-state index in [0.717, 1.165) is 13.0 Å². The SMILES string of the molecule is CC1OCCC1(CO)NC1CC1. The van der Waals surface area contributed by atoms with E-state index in [2.05, 4.69) is 5.32 Å². The van der Waals surface area contributed by atoms with Crippen molar-refractivity contribution in [1.29, 1.82) is 0 Å². The Morgan fingerprint density at radius 1 is 1.58 bits per heavy atom. The van der Waals surface area contributed by atoms with E-state index >= 15 is 0 Å². The van der Waals surface area contributed by atoms with Gasteiger partial charge in [0.2, 0.25) is 0 Å². The Morgan fingerprint density at radius 3 is 2.75 bits per heavy atom. The Hall–Kier alpha value is -0.120. The topological polar surface area (TPSA) is 41.5 Å². The van der Waals surface area contributed by atoms with Crippen LogP contribution in [0.3, 0.4) is 0 Å². The van der Waals surface area contributed by atoms with Crippen molar-refractivity contribution in [2.45, 2.75) is 43.9 Å². The van der Waals surface area contributed by atoms with Gasteiger partial charge in [-0.25, -0.2) is 0 Å². The van der Waals surface area contributed by atoms with Gasteiger partial charge in [-0.15, -0.1) is 0 Å². The zero-order valence-electron chi connectivity index (χ0n) is 7.55. The summed E-state index contributed by atoms with van der Waals surface area (Å²) in [5.41, 5.74) is -0.138. The third kappa shape index (κ3) is 1.37. The lowest BCUT2D eigenvalue weighted by molar-refractivity contribution is 0.0528. The molecule has 1 aliphatic carbocycles. The highest BCUT2D eigenvalue weighted by Crippen LogP contribution is 2.30. The molecule has 0 bridgehead atoms. The first kappa shape index (κ1) is 8.48. The first-order valence-corrected chi connectivity index (χ1v) is 4.77. The first-order chi connectivity index (χ1) is 5.77. The number of nitrogens with one attached hydrogen (secondary N) is 1. The van der Waals surface area contributed by atoms with Gasteiger partial charge in [0.1, 0.15) is 0 Å². The van der Waals surface area contributed by atoms with Crippen LogP contribution in [0.4, 0.5) is 0 Å². The number of rotatable bonds is 3. The fraction of sp³-hybridized carbons (Fsp3) is 1.00. The molecule has 0 aromatic carbocycles. The number of aliphatic hydroxyl groups excluding tert-OH is 1. The smallest absolute Gasteiger partial charge is 0.0751 e. The maximum Gasteiger partial charge on any atom is 0.0751 e. The zero-order chi connectivity index (χ0) is 8.60. The van der Waals surface area contributed by atoms with Gasteiger partial charge < -0.3 is 15.2 Å². The molecule has 2 rings (SSSR count). The van der Waals surface area contributed by atoms with Crippen molar-refractivity contribution in [3.63, 3.8) is 0 Å². The molecule has 3 heteroatoms. The highest BCUT2D eigenvalue weighted by Gasteiger charge is 2.44. The van der Waals surface area contributed by atoms with Crippen LogP contribution in [-0.2, 0) is 4.74 Å². The van der Waals surface area contributed by atoms with E-state index < -0.39 is 0 Å². The van der Waals surface area contributed by atoms with Crippen LogP contribution in [0.15, 0.2) is 0 Å². The molecular weight excluding hydrogens is 154 g/mol. The maximum atomic E-state index is 9.32. The number of hydrogen-bond donors (Lipinski definition) is 2. The van der Waals surface area contributed by atoms with Crippen LogP contribution in [0.5, 0.6) is 0 Å². The summed E-state index contributed by atoms with van der Waals surface area (Å²) >= 11 is 0. The predicted molar refractivity (Wildman–Crippen MR) is 46.0 cm³/mol. The molecule has 1 saturated heterocycles. The highest BCUT2D eigenvalue weighted by atomic mass is 16.5. The van der Waals surface area contributed by atoms with Crippen molar-refractivity contribution in [2.24, 2.45) is 0 Å². The van der Waals surface area contributed by atoms with Gasteiger partial charge >= 0.3 is 0 Å². The fourth-order valence-electron chi connectivity index (χ4n) is 1.86. The number of aliphatic hydroxyl groups is 1. The van der Waals surface area contributed by atoms with Crippen LogP contribution < -0.4 is 5.32 Å². The molecule has 2 fully saturated rings. The molecule has 0 radical (unpaired) electrons. The van der Waals surface area contributed by atoms with Crippen molar-refractivity contribution < 1.29 is 9.84 Å². The second kappa shape index (κ2) is 2.98. The largest absolute Gasteiger partial charge is 0.394 e. The van der Waals surface area contributed by atoms with Gasteiger partial charge in [-0.3, -0.25) is 0 Å². The molecule has 3 nitrogen and oxygen atoms in total. The van der Waals surface area contributed by atoms with E-state index in [-0.39, 0.29) is 18.2 Å². The van der Waals surface area contributed by atoms with Crippen molar-refractivity contribution in [3.8, 4) is 0 Å². The fourth-order valence-corrected chi connectivity index (χ4v) is 1.86. The summed E-state index contributed by atoms with van der Waals surface area (Å²) in [6.07, 6.45) is 3.62. The summed E-state index contributed by atoms with van der Waals surface area (Å²) in [5.74, 6) is 0. The van der Waals surface area contributed by atoms with Crippen LogP contribution in [0.2, 0.25) is 0 Å². The van der Waals surface area contributed by atoms with Crippen molar-refractivity contribution in [2.75, 3.05) is 13.2 Å². The van der Waals surface area contributed by atoms with E-state index in [1.54, 1.807) is 0 Å². The summed E-state index contributed by atoms with van der Waals surface area (Å²) in [4.78, 5) is 0. The molecule has 0 aromatic heterocycles. The van der Waals surface area contributed by atoms with Gasteiger partial charge in [0.15, 0.2) is 0 Å². The quantitative estimate of drug-likeness (QED) is 0.641. The third-order valence-electron chi connectivity index (χ3n) is 3.05. The number of hydrogen-bond acceptors (Lipinski definition) is 3. The molecule has 2 N–H and O–H groups in total. The second-order valence-electron chi connectivity index (χ2n) is 4.00. The van der Waals surface area contributed by atoms with Gasteiger partial charge in [-0.2, -0.15) is 0 Å². The van der Waals surface area contributed by atoms with E-state index in [0.29, 0.717) is 6.04 Å². The molecule has 0 spiro atoms. The van der Waals surface area contributed by atoms with E-state index in [1.165, 1.54) is 12.8 Å². The molecule has 0 aromatic rings. The Balaban J connectivity index is 2.00. The molecule has 1 aliphatic heterocycles. The second-order valence-corrected chi connectivity index (χ2v) is 4.00. The van der Waals surface area contributed by atoms with Crippen molar-refractivity contribution in [1.82, 2.24) is 5.32 Å². The lowest BCUT2D eigenvalue weighted by atomic mass is 9.93. The summed E-state index contributed by atoms with van der Waals surface area (Å²) in [6, 6.07) is 0.640. The van der Waals surface area contributed by atoms with Gasteiger partial charge in [0, 0.05) is 12.6 Å². The molecule has 12 heavy (non-hydrogen) atoms. The van der Waals surface area contributed by atoms with E-state index in [1.807, 2.05) is 6.92 Å². The Bertz CT molecular complexity index is 170. The van der Waals surface area contributed by atoms with Crippen LogP contribution in [0.1, 0.15) is 26.2 Å². The van der Waals surface area contributed by atoms with Gasteiger partial charge in [0.05, 0.1) is 18.2 Å². The molecule has 2 unspecified atom stereocenters. The van der Waals surface area contributed by atoms with Crippen molar-refractivity contribution in [3.05, 3.63) is 0 Å². The lowest BCUT2D eigenvalue weighted by Gasteiger charge is -2.31. The molecule has 2 aliphatic rings. The minimum Gasteiger partial charge on any atom is -0.394 e. The molecule has 70 valence electrons. The Labute approximate surface area is 73.1 Å². The highest BCUT2D eigenvalue weighted by molar-refractivity contribution is 5.01. The summed E-state index contributed by atoms with van der Waals surface area (Å²) in [6.45, 7) is 3.02. The normalized spacial score (nSPS) is 42.0. The minimum atomic E-state index is -0.138. The Morgan fingerprint density at radius 2 is 2.33 bits per heavy atom. The van der Waals surface area contributed by atoms with Gasteiger partial charge in [0.25, 0.3) is 0 Å². The summed E-state index contributed by atoms with van der Waals surface area (Å²) < 4.78 is 5.47. The molecule has 1 saturated carbocycles. The number of ether oxygens (including phenoxy) is 1. The van der Waals surface area contributed by atoms with Crippen molar-refractivity contribution >= 4 is 0 Å². The first-order valence-electron chi connectivity index (χ1n) is 4.77. The van der Waals surface area contributed by atoms with Crippen LogP contribution in [-0.4, -0.2) is 36.0 Å².